The van der Waals surface area contributed by atoms with Crippen LogP contribution in [0.1, 0.15) is 38.0 Å². The van der Waals surface area contributed by atoms with Gasteiger partial charge in [-0.25, -0.2) is 9.59 Å². The van der Waals surface area contributed by atoms with Gasteiger partial charge >= 0.3 is 12.1 Å². The predicted molar refractivity (Wildman–Crippen MR) is 140 cm³/mol. The number of carbonyl (C=O) groups is 3. The summed E-state index contributed by atoms with van der Waals surface area (Å²) in [5, 5.41) is 1.54. The van der Waals surface area contributed by atoms with Gasteiger partial charge in [-0.15, -0.1) is 0 Å². The van der Waals surface area contributed by atoms with E-state index < -0.39 is 51.9 Å². The van der Waals surface area contributed by atoms with Gasteiger partial charge in [0.25, 0.3) is 5.91 Å². The molecule has 2 aliphatic heterocycles. The molecular weight excluding hydrogens is 516 g/mol. The molecule has 0 aromatic heterocycles. The predicted octanol–water partition coefficient (Wildman–Crippen LogP) is 4.15. The average molecular weight is 543 g/mol. The van der Waals surface area contributed by atoms with Crippen LogP contribution in [0.2, 0.25) is 0 Å². The van der Waals surface area contributed by atoms with Crippen molar-refractivity contribution in [3.8, 4) is 0 Å². The van der Waals surface area contributed by atoms with Crippen molar-refractivity contribution in [3.05, 3.63) is 94.7 Å². The van der Waals surface area contributed by atoms with E-state index in [9.17, 15) is 18.6 Å². The second kappa shape index (κ2) is 10.9. The Morgan fingerprint density at radius 1 is 1.08 bits per heavy atom. The van der Waals surface area contributed by atoms with Crippen molar-refractivity contribution in [3.63, 3.8) is 0 Å². The van der Waals surface area contributed by atoms with Gasteiger partial charge in [0, 0.05) is 5.54 Å². The number of rotatable bonds is 6. The van der Waals surface area contributed by atoms with Crippen molar-refractivity contribution in [2.24, 2.45) is 0 Å². The summed E-state index contributed by atoms with van der Waals surface area (Å²) in [7, 11) is -1.61. The zero-order valence-corrected chi connectivity index (χ0v) is 22.1. The highest BCUT2D eigenvalue weighted by atomic mass is 35.5. The molecule has 0 bridgehead atoms. The van der Waals surface area contributed by atoms with Gasteiger partial charge in [-0.1, -0.05) is 72.3 Å². The van der Waals surface area contributed by atoms with E-state index in [0.717, 1.165) is 16.0 Å². The van der Waals surface area contributed by atoms with Gasteiger partial charge in [0.2, 0.25) is 0 Å². The van der Waals surface area contributed by atoms with Crippen molar-refractivity contribution < 1.29 is 28.1 Å². The molecular formula is C27H27ClN2O6S. The van der Waals surface area contributed by atoms with E-state index in [1.807, 2.05) is 60.7 Å². The molecule has 10 heteroatoms. The Bertz CT molecular complexity index is 1230. The van der Waals surface area contributed by atoms with Crippen molar-refractivity contribution in [2.45, 2.75) is 43.9 Å². The Labute approximate surface area is 222 Å². The molecule has 0 aliphatic carbocycles. The number of esters is 1. The number of fused-ring (bicyclic) bond motifs is 1. The van der Waals surface area contributed by atoms with Crippen molar-refractivity contribution >= 4 is 40.4 Å². The van der Waals surface area contributed by atoms with Gasteiger partial charge in [-0.05, 0) is 43.5 Å². The number of carbonyl (C=O) groups excluding carboxylic acids is 3. The van der Waals surface area contributed by atoms with E-state index in [0.29, 0.717) is 5.57 Å². The SMILES string of the molecule is CC(C)(C)OC(=O)NC1C(=O)N2C(C(=O)OC(c3ccccc3)c3ccccc3)=C(/C=C/Cl)CS(=O)C12. The minimum absolute atomic E-state index is 0.0457. The molecule has 37 heavy (non-hydrogen) atoms. The Hall–Kier alpha value is -3.43. The third-order valence-electron chi connectivity index (χ3n) is 5.71. The van der Waals surface area contributed by atoms with Crippen LogP contribution in [-0.2, 0) is 29.9 Å². The van der Waals surface area contributed by atoms with Crippen LogP contribution in [0.25, 0.3) is 0 Å². The van der Waals surface area contributed by atoms with Crippen LogP contribution in [0, 0.1) is 0 Å². The van der Waals surface area contributed by atoms with Gasteiger partial charge in [-0.3, -0.25) is 13.9 Å². The lowest BCUT2D eigenvalue weighted by atomic mass is 10.0. The first-order chi connectivity index (χ1) is 17.6. The fraction of sp³-hybridized carbons (Fsp3) is 0.296. The molecule has 2 heterocycles. The van der Waals surface area contributed by atoms with Crippen LogP contribution >= 0.6 is 11.6 Å². The van der Waals surface area contributed by atoms with E-state index in [1.54, 1.807) is 20.8 Å². The lowest BCUT2D eigenvalue weighted by Gasteiger charge is -2.49. The lowest BCUT2D eigenvalue weighted by molar-refractivity contribution is -0.153. The van der Waals surface area contributed by atoms with Crippen LogP contribution in [0.4, 0.5) is 4.79 Å². The van der Waals surface area contributed by atoms with Crippen molar-refractivity contribution in [1.82, 2.24) is 10.2 Å². The molecule has 0 saturated carbocycles. The zero-order valence-electron chi connectivity index (χ0n) is 20.6. The van der Waals surface area contributed by atoms with E-state index >= 15 is 0 Å². The molecule has 2 aliphatic rings. The molecule has 1 fully saturated rings. The summed E-state index contributed by atoms with van der Waals surface area (Å²) in [6, 6.07) is 17.3. The summed E-state index contributed by atoms with van der Waals surface area (Å²) in [5.41, 5.74) is 2.15. The van der Waals surface area contributed by atoms with Crippen LogP contribution in [0.15, 0.2) is 83.5 Å². The smallest absolute Gasteiger partial charge is 0.408 e. The molecule has 3 unspecified atom stereocenters. The number of halogens is 1. The number of β-lactam (4-membered cyclic amide) rings is 1. The number of amides is 2. The number of hydrogen-bond acceptors (Lipinski definition) is 6. The molecule has 2 amide bonds. The first-order valence-electron chi connectivity index (χ1n) is 11.6. The van der Waals surface area contributed by atoms with Crippen LogP contribution in [0.3, 0.4) is 0 Å². The normalized spacial score (nSPS) is 21.5. The topological polar surface area (TPSA) is 102 Å². The number of nitrogens with zero attached hydrogens (tertiary/aromatic N) is 1. The summed E-state index contributed by atoms with van der Waals surface area (Å²) >= 11 is 5.80. The van der Waals surface area contributed by atoms with Gasteiger partial charge in [-0.2, -0.15) is 0 Å². The second-order valence-corrected chi connectivity index (χ2v) is 11.3. The zero-order chi connectivity index (χ0) is 26.7. The molecule has 2 aromatic rings. The minimum Gasteiger partial charge on any atom is -0.448 e. The molecule has 1 N–H and O–H groups in total. The van der Waals surface area contributed by atoms with E-state index in [2.05, 4.69) is 5.32 Å². The summed E-state index contributed by atoms with van der Waals surface area (Å²) < 4.78 is 24.3. The maximum Gasteiger partial charge on any atom is 0.408 e. The first-order valence-corrected chi connectivity index (χ1v) is 13.4. The average Bonchev–Trinajstić information content (AvgIpc) is 2.85. The number of benzene rings is 2. The third-order valence-corrected chi connectivity index (χ3v) is 7.46. The molecule has 4 rings (SSSR count). The second-order valence-electron chi connectivity index (χ2n) is 9.52. The lowest BCUT2D eigenvalue weighted by Crippen LogP contribution is -2.73. The highest BCUT2D eigenvalue weighted by molar-refractivity contribution is 7.86. The maximum atomic E-state index is 13.6. The van der Waals surface area contributed by atoms with Crippen LogP contribution < -0.4 is 5.32 Å². The summed E-state index contributed by atoms with van der Waals surface area (Å²) in [4.78, 5) is 40.2. The maximum absolute atomic E-state index is 13.6. The Morgan fingerprint density at radius 2 is 1.65 bits per heavy atom. The van der Waals surface area contributed by atoms with Crippen LogP contribution in [0.5, 0.6) is 0 Å². The minimum atomic E-state index is -1.61. The van der Waals surface area contributed by atoms with Crippen molar-refractivity contribution in [1.29, 1.82) is 0 Å². The van der Waals surface area contributed by atoms with E-state index in [-0.39, 0.29) is 11.4 Å². The molecule has 1 saturated heterocycles. The highest BCUT2D eigenvalue weighted by Gasteiger charge is 2.57. The van der Waals surface area contributed by atoms with Gasteiger partial charge in [0.15, 0.2) is 6.10 Å². The monoisotopic (exact) mass is 542 g/mol. The van der Waals surface area contributed by atoms with E-state index in [4.69, 9.17) is 21.1 Å². The molecule has 0 radical (unpaired) electrons. The number of hydrogen-bond donors (Lipinski definition) is 1. The van der Waals surface area contributed by atoms with Gasteiger partial charge < -0.3 is 14.8 Å². The number of allylic oxidation sites excluding steroid dienone is 1. The molecule has 3 atom stereocenters. The number of nitrogens with one attached hydrogen (secondary N) is 1. The number of ether oxygens (including phenoxy) is 2. The third kappa shape index (κ3) is 5.78. The van der Waals surface area contributed by atoms with Crippen LogP contribution in [-0.4, -0.2) is 49.8 Å². The Balaban J connectivity index is 1.64. The molecule has 0 spiro atoms. The Kier molecular flexibility index (Phi) is 7.85. The fourth-order valence-corrected chi connectivity index (χ4v) is 5.97. The summed E-state index contributed by atoms with van der Waals surface area (Å²) in [5.74, 6) is -1.41. The van der Waals surface area contributed by atoms with Gasteiger partial charge in [0.05, 0.1) is 16.6 Å². The van der Waals surface area contributed by atoms with E-state index in [1.165, 1.54) is 11.6 Å². The highest BCUT2D eigenvalue weighted by Crippen LogP contribution is 2.37. The quantitative estimate of drug-likeness (QED) is 0.434. The largest absolute Gasteiger partial charge is 0.448 e. The fourth-order valence-electron chi connectivity index (χ4n) is 4.18. The first kappa shape index (κ1) is 26.6. The molecule has 194 valence electrons. The molecule has 8 nitrogen and oxygen atoms in total. The number of alkyl carbamates (subject to hydrolysis) is 1. The Morgan fingerprint density at radius 3 is 2.16 bits per heavy atom. The standard InChI is InChI=1S/C27H27ClN2O6S/c1-27(2,3)36-26(33)29-20-23(31)30-21(19(14-15-28)16-37(34)24(20)30)25(32)35-22(17-10-6-4-7-11-17)18-12-8-5-9-13-18/h4-15,20,22,24H,16H2,1-3H3,(H,29,33)/b15-14+. The summed E-state index contributed by atoms with van der Waals surface area (Å²) in [6.07, 6.45) is -0.134. The molecule has 2 aromatic carbocycles. The van der Waals surface area contributed by atoms with Crippen molar-refractivity contribution in [2.75, 3.05) is 5.75 Å². The summed E-state index contributed by atoms with van der Waals surface area (Å²) in [6.45, 7) is 5.08. The van der Waals surface area contributed by atoms with Gasteiger partial charge in [0.1, 0.15) is 22.7 Å².